The predicted molar refractivity (Wildman–Crippen MR) is 93.3 cm³/mol. The minimum atomic E-state index is -0.292. The van der Waals surface area contributed by atoms with Gasteiger partial charge >= 0.3 is 0 Å². The first-order chi connectivity index (χ1) is 12.0. The summed E-state index contributed by atoms with van der Waals surface area (Å²) in [5, 5.41) is 2.76. The largest absolute Gasteiger partial charge is 0.497 e. The zero-order valence-corrected chi connectivity index (χ0v) is 14.5. The number of carbonyl (C=O) groups is 2. The number of ether oxygens (including phenoxy) is 3. The zero-order chi connectivity index (χ0) is 18.2. The molecule has 0 unspecified atom stereocenters. The molecule has 6 nitrogen and oxygen atoms in total. The minimum absolute atomic E-state index is 0.144. The lowest BCUT2D eigenvalue weighted by Gasteiger charge is -2.12. The summed E-state index contributed by atoms with van der Waals surface area (Å²) in [6.07, 6.45) is 0. The highest BCUT2D eigenvalue weighted by Crippen LogP contribution is 2.25. The van der Waals surface area contributed by atoms with Crippen LogP contribution in [0.15, 0.2) is 42.5 Å². The second-order valence-corrected chi connectivity index (χ2v) is 5.34. The maximum absolute atomic E-state index is 12.0. The van der Waals surface area contributed by atoms with Crippen LogP contribution in [0, 0.1) is 0 Å². The van der Waals surface area contributed by atoms with Gasteiger partial charge in [0.05, 0.1) is 19.8 Å². The number of carbonyl (C=O) groups excluding carboxylic acids is 2. The highest BCUT2D eigenvalue weighted by Gasteiger charge is 2.12. The van der Waals surface area contributed by atoms with E-state index in [0.29, 0.717) is 23.6 Å². The Hall–Kier alpha value is -3.02. The summed E-state index contributed by atoms with van der Waals surface area (Å²) in [7, 11) is 3.11. The summed E-state index contributed by atoms with van der Waals surface area (Å²) in [5.41, 5.74) is 1.32. The maximum atomic E-state index is 12.0. The lowest BCUT2D eigenvalue weighted by atomic mass is 10.1. The third-order valence-electron chi connectivity index (χ3n) is 3.55. The van der Waals surface area contributed by atoms with E-state index in [1.165, 1.54) is 14.0 Å². The quantitative estimate of drug-likeness (QED) is 0.746. The fraction of sp³-hybridized carbons (Fsp3) is 0.263. The first-order valence-corrected chi connectivity index (χ1v) is 7.75. The van der Waals surface area contributed by atoms with Crippen molar-refractivity contribution in [2.75, 3.05) is 20.8 Å². The van der Waals surface area contributed by atoms with E-state index in [9.17, 15) is 9.59 Å². The number of hydrogen-bond donors (Lipinski definition) is 1. The molecule has 0 spiro atoms. The van der Waals surface area contributed by atoms with Gasteiger partial charge in [-0.1, -0.05) is 12.1 Å². The van der Waals surface area contributed by atoms with Gasteiger partial charge in [0.1, 0.15) is 17.2 Å². The summed E-state index contributed by atoms with van der Waals surface area (Å²) in [5.74, 6) is 1.17. The number of hydrogen-bond acceptors (Lipinski definition) is 5. The molecule has 0 atom stereocenters. The summed E-state index contributed by atoms with van der Waals surface area (Å²) >= 11 is 0. The van der Waals surface area contributed by atoms with Crippen molar-refractivity contribution in [3.8, 4) is 17.2 Å². The van der Waals surface area contributed by atoms with Crippen LogP contribution < -0.4 is 19.5 Å². The Morgan fingerprint density at radius 2 is 1.72 bits per heavy atom. The number of Topliss-reactive ketones (excluding diaryl/α,β-unsaturated/α-hetero) is 1. The Bertz CT molecular complexity index is 757. The van der Waals surface area contributed by atoms with E-state index in [1.807, 2.05) is 24.3 Å². The van der Waals surface area contributed by atoms with Crippen LogP contribution in [-0.4, -0.2) is 32.5 Å². The first kappa shape index (κ1) is 18.3. The van der Waals surface area contributed by atoms with Crippen molar-refractivity contribution < 1.29 is 23.8 Å². The number of amides is 1. The van der Waals surface area contributed by atoms with Crippen molar-refractivity contribution in [1.29, 1.82) is 0 Å². The Morgan fingerprint density at radius 3 is 2.40 bits per heavy atom. The second kappa shape index (κ2) is 8.73. The van der Waals surface area contributed by atoms with Crippen LogP contribution in [0.2, 0.25) is 0 Å². The Morgan fingerprint density at radius 1 is 1.00 bits per heavy atom. The fourth-order valence-electron chi connectivity index (χ4n) is 2.22. The SMILES string of the molecule is COc1cccc(CNC(=O)COc2cc(OC)ccc2C(C)=O)c1. The minimum Gasteiger partial charge on any atom is -0.497 e. The molecule has 0 saturated heterocycles. The van der Waals surface area contributed by atoms with Gasteiger partial charge in [0.25, 0.3) is 5.91 Å². The molecular weight excluding hydrogens is 322 g/mol. The van der Waals surface area contributed by atoms with Gasteiger partial charge in [-0.3, -0.25) is 9.59 Å². The molecule has 0 radical (unpaired) electrons. The van der Waals surface area contributed by atoms with Crippen LogP contribution in [0.25, 0.3) is 0 Å². The van der Waals surface area contributed by atoms with Crippen LogP contribution in [0.3, 0.4) is 0 Å². The van der Waals surface area contributed by atoms with Crippen LogP contribution in [-0.2, 0) is 11.3 Å². The molecule has 0 aliphatic carbocycles. The second-order valence-electron chi connectivity index (χ2n) is 5.34. The van der Waals surface area contributed by atoms with E-state index in [0.717, 1.165) is 11.3 Å². The standard InChI is InChI=1S/C19H21NO5/c1-13(21)17-8-7-16(24-3)10-18(17)25-12-19(22)20-11-14-5-4-6-15(9-14)23-2/h4-10H,11-12H2,1-3H3,(H,20,22). The molecule has 0 bridgehead atoms. The van der Waals surface area contributed by atoms with Gasteiger partial charge in [-0.2, -0.15) is 0 Å². The number of rotatable bonds is 8. The van der Waals surface area contributed by atoms with Crippen molar-refractivity contribution in [2.24, 2.45) is 0 Å². The zero-order valence-electron chi connectivity index (χ0n) is 14.5. The molecule has 2 rings (SSSR count). The van der Waals surface area contributed by atoms with Gasteiger partial charge in [-0.25, -0.2) is 0 Å². The first-order valence-electron chi connectivity index (χ1n) is 7.75. The molecule has 2 aromatic rings. The van der Waals surface area contributed by atoms with Crippen molar-refractivity contribution in [3.63, 3.8) is 0 Å². The van der Waals surface area contributed by atoms with Gasteiger partial charge in [-0.05, 0) is 36.8 Å². The average molecular weight is 343 g/mol. The highest BCUT2D eigenvalue weighted by molar-refractivity contribution is 5.97. The number of nitrogens with one attached hydrogen (secondary N) is 1. The lowest BCUT2D eigenvalue weighted by molar-refractivity contribution is -0.123. The van der Waals surface area contributed by atoms with E-state index in [2.05, 4.69) is 5.32 Å². The summed E-state index contributed by atoms with van der Waals surface area (Å²) in [6.45, 7) is 1.60. The van der Waals surface area contributed by atoms with Crippen LogP contribution in [0.5, 0.6) is 17.2 Å². The van der Waals surface area contributed by atoms with Crippen LogP contribution >= 0.6 is 0 Å². The normalized spacial score (nSPS) is 10.0. The van der Waals surface area contributed by atoms with Gasteiger partial charge in [0, 0.05) is 12.6 Å². The third kappa shape index (κ3) is 5.24. The molecule has 0 saturated carbocycles. The van der Waals surface area contributed by atoms with Crippen molar-refractivity contribution in [2.45, 2.75) is 13.5 Å². The Balaban J connectivity index is 1.94. The van der Waals surface area contributed by atoms with Gasteiger partial charge < -0.3 is 19.5 Å². The summed E-state index contributed by atoms with van der Waals surface area (Å²) < 4.78 is 15.8. The van der Waals surface area contributed by atoms with E-state index in [1.54, 1.807) is 25.3 Å². The smallest absolute Gasteiger partial charge is 0.258 e. The van der Waals surface area contributed by atoms with Crippen LogP contribution in [0.4, 0.5) is 0 Å². The lowest BCUT2D eigenvalue weighted by Crippen LogP contribution is -2.28. The number of methoxy groups -OCH3 is 2. The van der Waals surface area contributed by atoms with Crippen molar-refractivity contribution >= 4 is 11.7 Å². The molecule has 0 fully saturated rings. The molecule has 1 N–H and O–H groups in total. The van der Waals surface area contributed by atoms with Gasteiger partial charge in [-0.15, -0.1) is 0 Å². The fourth-order valence-corrected chi connectivity index (χ4v) is 2.22. The molecule has 1 amide bonds. The van der Waals surface area contributed by atoms with Crippen molar-refractivity contribution in [3.05, 3.63) is 53.6 Å². The molecular formula is C19H21NO5. The molecule has 0 aliphatic heterocycles. The third-order valence-corrected chi connectivity index (χ3v) is 3.55. The highest BCUT2D eigenvalue weighted by atomic mass is 16.5. The molecule has 25 heavy (non-hydrogen) atoms. The molecule has 2 aromatic carbocycles. The number of ketones is 1. The van der Waals surface area contributed by atoms with Crippen LogP contribution in [0.1, 0.15) is 22.8 Å². The molecule has 0 heterocycles. The molecule has 0 aromatic heterocycles. The molecule has 132 valence electrons. The topological polar surface area (TPSA) is 73.9 Å². The van der Waals surface area contributed by atoms with E-state index in [-0.39, 0.29) is 18.3 Å². The monoisotopic (exact) mass is 343 g/mol. The van der Waals surface area contributed by atoms with Crippen molar-refractivity contribution in [1.82, 2.24) is 5.32 Å². The van der Waals surface area contributed by atoms with Gasteiger partial charge in [0.2, 0.25) is 0 Å². The Labute approximate surface area is 146 Å². The molecule has 6 heteroatoms. The molecule has 0 aliphatic rings. The predicted octanol–water partition coefficient (Wildman–Crippen LogP) is 2.60. The number of benzene rings is 2. The van der Waals surface area contributed by atoms with E-state index in [4.69, 9.17) is 14.2 Å². The summed E-state index contributed by atoms with van der Waals surface area (Å²) in [4.78, 5) is 23.6. The average Bonchev–Trinajstić information content (AvgIpc) is 2.64. The van der Waals surface area contributed by atoms with E-state index < -0.39 is 0 Å². The summed E-state index contributed by atoms with van der Waals surface area (Å²) in [6, 6.07) is 12.3. The van der Waals surface area contributed by atoms with E-state index >= 15 is 0 Å². The van der Waals surface area contributed by atoms with Gasteiger partial charge in [0.15, 0.2) is 12.4 Å². The maximum Gasteiger partial charge on any atom is 0.258 e. The Kier molecular flexibility index (Phi) is 6.39.